The molecule has 90 valence electrons. The van der Waals surface area contributed by atoms with E-state index < -0.39 is 22.8 Å². The molecule has 7 heteroatoms. The third-order valence-corrected chi connectivity index (χ3v) is 2.04. The van der Waals surface area contributed by atoms with Crippen molar-refractivity contribution in [2.75, 3.05) is 0 Å². The highest BCUT2D eigenvalue weighted by atomic mass is 16.6. The number of carbonyl (C=O) groups is 2. The van der Waals surface area contributed by atoms with Gasteiger partial charge in [0.1, 0.15) is 0 Å². The Morgan fingerprint density at radius 1 is 1.29 bits per heavy atom. The van der Waals surface area contributed by atoms with E-state index in [-0.39, 0.29) is 11.3 Å². The summed E-state index contributed by atoms with van der Waals surface area (Å²) in [7, 11) is 0. The van der Waals surface area contributed by atoms with Gasteiger partial charge >= 0.3 is 0 Å². The number of amides is 1. The number of carboxylic acid groups (broad SMARTS) is 1. The van der Waals surface area contributed by atoms with Crippen molar-refractivity contribution in [3.63, 3.8) is 0 Å². The van der Waals surface area contributed by atoms with Crippen molar-refractivity contribution in [1.29, 1.82) is 0 Å². The number of carboxylic acids is 1. The summed E-state index contributed by atoms with van der Waals surface area (Å²) in [4.78, 5) is 31.6. The van der Waals surface area contributed by atoms with Gasteiger partial charge in [-0.15, -0.1) is 0 Å². The third kappa shape index (κ3) is 3.26. The number of benzene rings is 1. The van der Waals surface area contributed by atoms with Gasteiger partial charge in [-0.2, -0.15) is 0 Å². The van der Waals surface area contributed by atoms with E-state index in [2.05, 4.69) is 5.32 Å². The number of rotatable bonds is 4. The summed E-state index contributed by atoms with van der Waals surface area (Å²) in [5, 5.41) is 22.9. The molecule has 1 atom stereocenters. The molecule has 0 aliphatic heterocycles. The Labute approximate surface area is 96.2 Å². The molecular weight excluding hydrogens is 228 g/mol. The molecule has 1 aromatic rings. The number of hydrogen-bond acceptors (Lipinski definition) is 5. The lowest BCUT2D eigenvalue weighted by atomic mass is 10.2. The lowest BCUT2D eigenvalue weighted by Gasteiger charge is -2.14. The number of carbonyl (C=O) groups excluding carboxylic acids is 2. The second kappa shape index (κ2) is 5.06. The van der Waals surface area contributed by atoms with Gasteiger partial charge < -0.3 is 15.2 Å². The van der Waals surface area contributed by atoms with Crippen LogP contribution in [-0.2, 0) is 4.79 Å². The van der Waals surface area contributed by atoms with Crippen LogP contribution < -0.4 is 10.4 Å². The summed E-state index contributed by atoms with van der Waals surface area (Å²) < 4.78 is 0. The van der Waals surface area contributed by atoms with Gasteiger partial charge in [0.05, 0.1) is 16.9 Å². The third-order valence-electron chi connectivity index (χ3n) is 2.04. The van der Waals surface area contributed by atoms with Gasteiger partial charge in [-0.05, 0) is 19.1 Å². The van der Waals surface area contributed by atoms with Gasteiger partial charge in [-0.3, -0.25) is 14.9 Å². The van der Waals surface area contributed by atoms with Crippen molar-refractivity contribution < 1.29 is 19.6 Å². The van der Waals surface area contributed by atoms with Crippen LogP contribution in [0.3, 0.4) is 0 Å². The summed E-state index contributed by atoms with van der Waals surface area (Å²) in [6.07, 6.45) is 0. The smallest absolute Gasteiger partial charge is 0.269 e. The summed E-state index contributed by atoms with van der Waals surface area (Å²) in [5.41, 5.74) is -0.00167. The first-order valence-electron chi connectivity index (χ1n) is 4.68. The highest BCUT2D eigenvalue weighted by Gasteiger charge is 2.12. The quantitative estimate of drug-likeness (QED) is 0.558. The van der Waals surface area contributed by atoms with Crippen molar-refractivity contribution in [1.82, 2.24) is 5.32 Å². The highest BCUT2D eigenvalue weighted by Crippen LogP contribution is 2.11. The van der Waals surface area contributed by atoms with Gasteiger partial charge in [0.25, 0.3) is 11.6 Å². The van der Waals surface area contributed by atoms with Gasteiger partial charge in [0, 0.05) is 17.7 Å². The van der Waals surface area contributed by atoms with Crippen LogP contribution in [0.5, 0.6) is 0 Å². The molecule has 0 bridgehead atoms. The van der Waals surface area contributed by atoms with Crippen molar-refractivity contribution in [3.05, 3.63) is 39.9 Å². The molecule has 1 amide bonds. The van der Waals surface area contributed by atoms with Crippen molar-refractivity contribution in [2.24, 2.45) is 0 Å². The highest BCUT2D eigenvalue weighted by molar-refractivity contribution is 5.96. The van der Waals surface area contributed by atoms with Crippen molar-refractivity contribution >= 4 is 17.6 Å². The molecule has 1 N–H and O–H groups in total. The average molecular weight is 237 g/mol. The molecule has 0 aliphatic carbocycles. The normalized spacial score (nSPS) is 11.6. The molecule has 0 aliphatic rings. The molecule has 1 aromatic carbocycles. The minimum atomic E-state index is -1.40. The summed E-state index contributed by atoms with van der Waals surface area (Å²) in [5.74, 6) is -2.03. The van der Waals surface area contributed by atoms with Crippen LogP contribution in [-0.4, -0.2) is 22.8 Å². The minimum Gasteiger partial charge on any atom is -0.548 e. The Morgan fingerprint density at radius 3 is 2.24 bits per heavy atom. The van der Waals surface area contributed by atoms with Gasteiger partial charge in [-0.25, -0.2) is 0 Å². The lowest BCUT2D eigenvalue weighted by Crippen LogP contribution is -2.45. The fourth-order valence-electron chi connectivity index (χ4n) is 1.07. The standard InChI is InChI=1S/C10H10N2O5/c1-6(10(14)15)11-9(13)7-2-4-8(5-3-7)12(16)17/h2-6H,1H3,(H,11,13)(H,14,15)/p-1/t6-/m1/s1. The predicted octanol–water partition coefficient (Wildman–Crippen LogP) is -0.537. The van der Waals surface area contributed by atoms with E-state index in [9.17, 15) is 24.8 Å². The van der Waals surface area contributed by atoms with E-state index in [4.69, 9.17) is 0 Å². The minimum absolute atomic E-state index is 0.142. The van der Waals surface area contributed by atoms with Crippen molar-refractivity contribution in [2.45, 2.75) is 13.0 Å². The molecule has 7 nitrogen and oxygen atoms in total. The summed E-state index contributed by atoms with van der Waals surface area (Å²) in [6, 6.07) is 3.69. The summed E-state index contributed by atoms with van der Waals surface area (Å²) in [6.45, 7) is 1.26. The zero-order valence-electron chi connectivity index (χ0n) is 8.88. The first-order chi connectivity index (χ1) is 7.91. The number of non-ortho nitro benzene ring substituents is 1. The van der Waals surface area contributed by atoms with Crippen LogP contribution >= 0.6 is 0 Å². The molecule has 1 rings (SSSR count). The monoisotopic (exact) mass is 237 g/mol. The lowest BCUT2D eigenvalue weighted by molar-refractivity contribution is -0.384. The molecule has 0 fully saturated rings. The van der Waals surface area contributed by atoms with E-state index in [1.807, 2.05) is 0 Å². The number of nitrogens with zero attached hydrogens (tertiary/aromatic N) is 1. The molecule has 0 heterocycles. The van der Waals surface area contributed by atoms with Crippen LogP contribution in [0, 0.1) is 10.1 Å². The molecule has 17 heavy (non-hydrogen) atoms. The maximum absolute atomic E-state index is 11.5. The number of aliphatic carboxylic acids is 1. The molecule has 0 radical (unpaired) electrons. The molecular formula is C10H9N2O5-. The van der Waals surface area contributed by atoms with Gasteiger partial charge in [0.2, 0.25) is 0 Å². The van der Waals surface area contributed by atoms with Crippen LogP contribution in [0.15, 0.2) is 24.3 Å². The molecule has 0 spiro atoms. The molecule has 0 saturated heterocycles. The van der Waals surface area contributed by atoms with Gasteiger partial charge in [0.15, 0.2) is 0 Å². The maximum Gasteiger partial charge on any atom is 0.269 e. The van der Waals surface area contributed by atoms with Crippen LogP contribution in [0.4, 0.5) is 5.69 Å². The van der Waals surface area contributed by atoms with E-state index in [1.165, 1.54) is 31.2 Å². The fraction of sp³-hybridized carbons (Fsp3) is 0.200. The van der Waals surface area contributed by atoms with Crippen LogP contribution in [0.25, 0.3) is 0 Å². The SMILES string of the molecule is C[C@@H](NC(=O)c1ccc([N+](=O)[O-])cc1)C(=O)[O-]. The second-order valence-corrected chi connectivity index (χ2v) is 3.32. The van der Waals surface area contributed by atoms with E-state index in [1.54, 1.807) is 0 Å². The molecule has 0 saturated carbocycles. The van der Waals surface area contributed by atoms with E-state index in [0.717, 1.165) is 0 Å². The summed E-state index contributed by atoms with van der Waals surface area (Å²) >= 11 is 0. The second-order valence-electron chi connectivity index (χ2n) is 3.32. The topological polar surface area (TPSA) is 112 Å². The van der Waals surface area contributed by atoms with Crippen LogP contribution in [0.2, 0.25) is 0 Å². The largest absolute Gasteiger partial charge is 0.548 e. The first kappa shape index (κ1) is 12.6. The molecule has 0 aromatic heterocycles. The van der Waals surface area contributed by atoms with E-state index >= 15 is 0 Å². The zero-order valence-corrected chi connectivity index (χ0v) is 8.88. The number of nitro benzene ring substituents is 1. The first-order valence-corrected chi connectivity index (χ1v) is 4.68. The zero-order chi connectivity index (χ0) is 13.0. The Morgan fingerprint density at radius 2 is 1.82 bits per heavy atom. The number of nitrogens with one attached hydrogen (secondary N) is 1. The van der Waals surface area contributed by atoms with Gasteiger partial charge in [-0.1, -0.05) is 0 Å². The Kier molecular flexibility index (Phi) is 3.76. The average Bonchev–Trinajstić information content (AvgIpc) is 2.28. The maximum atomic E-state index is 11.5. The Balaban J connectivity index is 2.77. The van der Waals surface area contributed by atoms with E-state index in [0.29, 0.717) is 0 Å². The van der Waals surface area contributed by atoms with Crippen molar-refractivity contribution in [3.8, 4) is 0 Å². The molecule has 0 unspecified atom stereocenters. The number of hydrogen-bond donors (Lipinski definition) is 1. The Bertz CT molecular complexity index is 454. The van der Waals surface area contributed by atoms with Crippen LogP contribution in [0.1, 0.15) is 17.3 Å². The Hall–Kier alpha value is -2.44. The fourth-order valence-corrected chi connectivity index (χ4v) is 1.07. The number of nitro groups is 1. The predicted molar refractivity (Wildman–Crippen MR) is 55.0 cm³/mol.